The number of pyridine rings is 2. The fourth-order valence-corrected chi connectivity index (χ4v) is 1.60. The summed E-state index contributed by atoms with van der Waals surface area (Å²) < 4.78 is 1.71. The van der Waals surface area contributed by atoms with Gasteiger partial charge in [0.15, 0.2) is 0 Å². The molecular weight excluding hydrogens is 188 g/mol. The lowest BCUT2D eigenvalue weighted by Gasteiger charge is -2.22. The highest BCUT2D eigenvalue weighted by Crippen LogP contribution is 2.13. The van der Waals surface area contributed by atoms with E-state index in [0.29, 0.717) is 5.52 Å². The van der Waals surface area contributed by atoms with Crippen molar-refractivity contribution >= 4 is 10.9 Å². The van der Waals surface area contributed by atoms with E-state index >= 15 is 0 Å². The van der Waals surface area contributed by atoms with Crippen molar-refractivity contribution in [2.45, 2.75) is 26.3 Å². The third kappa shape index (κ3) is 1.65. The van der Waals surface area contributed by atoms with Crippen molar-refractivity contribution in [2.75, 3.05) is 0 Å². The van der Waals surface area contributed by atoms with Crippen LogP contribution in [0.5, 0.6) is 0 Å². The van der Waals surface area contributed by atoms with E-state index in [1.165, 1.54) is 0 Å². The Hall–Kier alpha value is -1.64. The molecule has 2 aromatic rings. The summed E-state index contributed by atoms with van der Waals surface area (Å²) in [6.45, 7) is 6.01. The molecule has 2 heterocycles. The monoisotopic (exact) mass is 202 g/mol. The van der Waals surface area contributed by atoms with E-state index in [-0.39, 0.29) is 11.1 Å². The van der Waals surface area contributed by atoms with Crippen LogP contribution in [-0.4, -0.2) is 9.55 Å². The summed E-state index contributed by atoms with van der Waals surface area (Å²) in [7, 11) is 0. The first-order valence-electron chi connectivity index (χ1n) is 4.97. The van der Waals surface area contributed by atoms with Gasteiger partial charge in [-0.2, -0.15) is 0 Å². The third-order valence-corrected chi connectivity index (χ3v) is 2.39. The Morgan fingerprint density at radius 1 is 1.27 bits per heavy atom. The molecule has 2 rings (SSSR count). The molecule has 0 aliphatic rings. The van der Waals surface area contributed by atoms with Crippen molar-refractivity contribution in [2.24, 2.45) is 0 Å². The lowest BCUT2D eigenvalue weighted by Crippen LogP contribution is -2.33. The van der Waals surface area contributed by atoms with Crippen molar-refractivity contribution in [3.8, 4) is 0 Å². The van der Waals surface area contributed by atoms with E-state index < -0.39 is 0 Å². The fourth-order valence-electron chi connectivity index (χ4n) is 1.60. The number of rotatable bonds is 0. The molecule has 0 spiro atoms. The zero-order valence-corrected chi connectivity index (χ0v) is 9.19. The number of hydrogen-bond donors (Lipinski definition) is 0. The number of nitrogens with zero attached hydrogens (tertiary/aromatic N) is 2. The standard InChI is InChI=1S/C12H14N2O/c1-12(2,3)14-8-6-9-5-4-7-13-10(9)11(14)15/h4-8H,1-3H3. The van der Waals surface area contributed by atoms with E-state index in [1.807, 2.05) is 45.2 Å². The molecule has 0 radical (unpaired) electrons. The molecule has 3 nitrogen and oxygen atoms in total. The Kier molecular flexibility index (Phi) is 2.11. The fraction of sp³-hybridized carbons (Fsp3) is 0.333. The minimum absolute atomic E-state index is 0.0272. The first-order chi connectivity index (χ1) is 7.00. The van der Waals surface area contributed by atoms with Gasteiger partial charge >= 0.3 is 0 Å². The molecule has 3 heteroatoms. The van der Waals surface area contributed by atoms with Crippen molar-refractivity contribution in [1.82, 2.24) is 9.55 Å². The second-order valence-corrected chi connectivity index (χ2v) is 4.60. The Morgan fingerprint density at radius 2 is 2.00 bits per heavy atom. The van der Waals surface area contributed by atoms with Crippen LogP contribution in [0.2, 0.25) is 0 Å². The molecule has 0 unspecified atom stereocenters. The predicted molar refractivity (Wildman–Crippen MR) is 61.0 cm³/mol. The first-order valence-corrected chi connectivity index (χ1v) is 4.97. The van der Waals surface area contributed by atoms with Crippen LogP contribution in [0.1, 0.15) is 20.8 Å². The number of hydrogen-bond acceptors (Lipinski definition) is 2. The second kappa shape index (κ2) is 3.19. The molecule has 0 saturated heterocycles. The molecule has 0 fully saturated rings. The zero-order valence-electron chi connectivity index (χ0n) is 9.19. The van der Waals surface area contributed by atoms with Crippen LogP contribution in [0.25, 0.3) is 10.9 Å². The summed E-state index contributed by atoms with van der Waals surface area (Å²) in [5.74, 6) is 0. The van der Waals surface area contributed by atoms with Gasteiger partial charge in [-0.05, 0) is 32.9 Å². The van der Waals surface area contributed by atoms with Gasteiger partial charge < -0.3 is 4.57 Å². The summed E-state index contributed by atoms with van der Waals surface area (Å²) in [6.07, 6.45) is 3.48. The molecule has 0 saturated carbocycles. The summed E-state index contributed by atoms with van der Waals surface area (Å²) >= 11 is 0. The lowest BCUT2D eigenvalue weighted by molar-refractivity contribution is 0.386. The molecule has 78 valence electrons. The topological polar surface area (TPSA) is 34.9 Å². The maximum Gasteiger partial charge on any atom is 0.277 e. The Bertz CT molecular complexity index is 549. The van der Waals surface area contributed by atoms with E-state index in [4.69, 9.17) is 0 Å². The van der Waals surface area contributed by atoms with Crippen LogP contribution in [0.3, 0.4) is 0 Å². The van der Waals surface area contributed by atoms with E-state index in [2.05, 4.69) is 4.98 Å². The van der Waals surface area contributed by atoms with Crippen molar-refractivity contribution < 1.29 is 0 Å². The van der Waals surface area contributed by atoms with Crippen LogP contribution >= 0.6 is 0 Å². The second-order valence-electron chi connectivity index (χ2n) is 4.60. The van der Waals surface area contributed by atoms with Gasteiger partial charge in [-0.25, -0.2) is 0 Å². The van der Waals surface area contributed by atoms with Gasteiger partial charge in [0.25, 0.3) is 5.56 Å². The largest absolute Gasteiger partial charge is 0.308 e. The summed E-state index contributed by atoms with van der Waals surface area (Å²) in [4.78, 5) is 16.2. The average Bonchev–Trinajstić information content (AvgIpc) is 2.16. The average molecular weight is 202 g/mol. The molecule has 0 atom stereocenters. The summed E-state index contributed by atoms with van der Waals surface area (Å²) in [6, 6.07) is 5.66. The maximum atomic E-state index is 12.1. The molecule has 0 N–H and O–H groups in total. The lowest BCUT2D eigenvalue weighted by atomic mass is 10.1. The van der Waals surface area contributed by atoms with Crippen LogP contribution in [0.15, 0.2) is 35.4 Å². The van der Waals surface area contributed by atoms with Gasteiger partial charge in [0.1, 0.15) is 5.52 Å². The highest BCUT2D eigenvalue weighted by molar-refractivity contribution is 5.76. The highest BCUT2D eigenvalue weighted by Gasteiger charge is 2.15. The highest BCUT2D eigenvalue weighted by atomic mass is 16.1. The molecule has 0 amide bonds. The maximum absolute atomic E-state index is 12.1. The molecule has 0 bridgehead atoms. The number of aromatic nitrogens is 2. The van der Waals surface area contributed by atoms with Gasteiger partial charge in [0.2, 0.25) is 0 Å². The van der Waals surface area contributed by atoms with Crippen LogP contribution in [0, 0.1) is 0 Å². The number of fused-ring (bicyclic) bond motifs is 1. The molecular formula is C12H14N2O. The molecule has 0 aromatic carbocycles. The van der Waals surface area contributed by atoms with Gasteiger partial charge in [0, 0.05) is 23.3 Å². The Labute approximate surface area is 88.4 Å². The zero-order chi connectivity index (χ0) is 11.1. The van der Waals surface area contributed by atoms with Crippen molar-refractivity contribution in [1.29, 1.82) is 0 Å². The molecule has 2 aromatic heterocycles. The normalized spacial score (nSPS) is 11.9. The minimum atomic E-state index is -0.206. The van der Waals surface area contributed by atoms with Gasteiger partial charge in [0.05, 0.1) is 0 Å². The van der Waals surface area contributed by atoms with Gasteiger partial charge in [-0.15, -0.1) is 0 Å². The van der Waals surface area contributed by atoms with Crippen LogP contribution in [-0.2, 0) is 5.54 Å². The van der Waals surface area contributed by atoms with Crippen LogP contribution in [0.4, 0.5) is 0 Å². The van der Waals surface area contributed by atoms with Gasteiger partial charge in [-0.1, -0.05) is 6.07 Å². The molecule has 15 heavy (non-hydrogen) atoms. The Balaban J connectivity index is 2.83. The van der Waals surface area contributed by atoms with Crippen LogP contribution < -0.4 is 5.56 Å². The van der Waals surface area contributed by atoms with Crippen molar-refractivity contribution in [3.05, 3.63) is 40.9 Å². The molecule has 0 aliphatic carbocycles. The smallest absolute Gasteiger partial charge is 0.277 e. The first kappa shape index (κ1) is 9.90. The minimum Gasteiger partial charge on any atom is -0.308 e. The molecule has 0 aliphatic heterocycles. The Morgan fingerprint density at radius 3 is 2.67 bits per heavy atom. The third-order valence-electron chi connectivity index (χ3n) is 2.39. The van der Waals surface area contributed by atoms with Crippen molar-refractivity contribution in [3.63, 3.8) is 0 Å². The quantitative estimate of drug-likeness (QED) is 0.656. The van der Waals surface area contributed by atoms with Gasteiger partial charge in [-0.3, -0.25) is 9.78 Å². The van der Waals surface area contributed by atoms with E-state index in [9.17, 15) is 4.79 Å². The summed E-state index contributed by atoms with van der Waals surface area (Å²) in [5, 5.41) is 0.892. The van der Waals surface area contributed by atoms with E-state index in [0.717, 1.165) is 5.39 Å². The predicted octanol–water partition coefficient (Wildman–Crippen LogP) is 2.15. The summed E-state index contributed by atoms with van der Waals surface area (Å²) in [5.41, 5.74) is 0.304. The SMILES string of the molecule is CC(C)(C)n1ccc2cccnc2c1=O. The van der Waals surface area contributed by atoms with E-state index in [1.54, 1.807) is 10.8 Å².